The van der Waals surface area contributed by atoms with Gasteiger partial charge in [-0.15, -0.1) is 0 Å². The Morgan fingerprint density at radius 2 is 1.66 bits per heavy atom. The quantitative estimate of drug-likeness (QED) is 0.553. The van der Waals surface area contributed by atoms with Crippen LogP contribution in [-0.4, -0.2) is 30.1 Å². The second-order valence-corrected chi connectivity index (χ2v) is 7.94. The van der Waals surface area contributed by atoms with E-state index in [0.29, 0.717) is 27.9 Å². The third-order valence-corrected chi connectivity index (χ3v) is 5.78. The van der Waals surface area contributed by atoms with Crippen LogP contribution in [0.4, 0.5) is 18.9 Å². The van der Waals surface area contributed by atoms with E-state index >= 15 is 0 Å². The number of pyridine rings is 1. The first kappa shape index (κ1) is 21.9. The van der Waals surface area contributed by atoms with Crippen molar-refractivity contribution >= 4 is 22.5 Å². The van der Waals surface area contributed by atoms with Crippen LogP contribution in [0.5, 0.6) is 5.75 Å². The van der Waals surface area contributed by atoms with Crippen LogP contribution in [0.2, 0.25) is 0 Å². The van der Waals surface area contributed by atoms with E-state index in [-0.39, 0.29) is 18.0 Å². The number of anilines is 1. The van der Waals surface area contributed by atoms with Crippen molar-refractivity contribution < 1.29 is 22.7 Å². The summed E-state index contributed by atoms with van der Waals surface area (Å²) in [5, 5.41) is 6.99. The van der Waals surface area contributed by atoms with E-state index in [2.05, 4.69) is 15.6 Å². The Hall–Kier alpha value is -3.29. The van der Waals surface area contributed by atoms with Gasteiger partial charge in [-0.3, -0.25) is 4.79 Å². The molecule has 4 rings (SSSR count). The number of para-hydroxylation sites is 2. The van der Waals surface area contributed by atoms with Crippen molar-refractivity contribution in [3.8, 4) is 5.75 Å². The van der Waals surface area contributed by atoms with Gasteiger partial charge in [-0.1, -0.05) is 30.3 Å². The van der Waals surface area contributed by atoms with Crippen molar-refractivity contribution in [2.24, 2.45) is 0 Å². The van der Waals surface area contributed by atoms with E-state index in [1.54, 1.807) is 48.5 Å². The Morgan fingerprint density at radius 1 is 1.00 bits per heavy atom. The summed E-state index contributed by atoms with van der Waals surface area (Å²) in [4.78, 5) is 16.4. The average Bonchev–Trinajstić information content (AvgIpc) is 2.79. The molecule has 8 heteroatoms. The molecular weight excluding hydrogens is 419 g/mol. The van der Waals surface area contributed by atoms with Gasteiger partial charge >= 0.3 is 6.18 Å². The predicted molar refractivity (Wildman–Crippen MR) is 117 cm³/mol. The summed E-state index contributed by atoms with van der Waals surface area (Å²) < 4.78 is 45.2. The zero-order valence-electron chi connectivity index (χ0n) is 17.6. The van der Waals surface area contributed by atoms with Gasteiger partial charge in [-0.25, -0.2) is 4.98 Å². The lowest BCUT2D eigenvalue weighted by Crippen LogP contribution is -2.40. The second kappa shape index (κ2) is 9.06. The number of carbonyl (C=O) groups is 1. The second-order valence-electron chi connectivity index (χ2n) is 7.94. The lowest BCUT2D eigenvalue weighted by Gasteiger charge is -2.31. The predicted octanol–water partition coefficient (Wildman–Crippen LogP) is 5.42. The number of carbonyl (C=O) groups excluding carboxylic acids is 1. The maximum absolute atomic E-state index is 13.3. The van der Waals surface area contributed by atoms with Gasteiger partial charge in [0.05, 0.1) is 18.2 Å². The van der Waals surface area contributed by atoms with Crippen LogP contribution >= 0.6 is 0 Å². The molecule has 1 heterocycles. The molecule has 0 bridgehead atoms. The zero-order chi connectivity index (χ0) is 22.7. The van der Waals surface area contributed by atoms with Crippen molar-refractivity contribution in [1.29, 1.82) is 0 Å². The van der Waals surface area contributed by atoms with Crippen molar-refractivity contribution in [2.75, 3.05) is 12.4 Å². The molecule has 1 aromatic heterocycles. The maximum atomic E-state index is 13.3. The number of amides is 1. The largest absolute Gasteiger partial charge is 0.496 e. The monoisotopic (exact) mass is 443 g/mol. The summed E-state index contributed by atoms with van der Waals surface area (Å²) in [7, 11) is 1.52. The van der Waals surface area contributed by atoms with E-state index in [4.69, 9.17) is 4.74 Å². The molecule has 0 spiro atoms. The highest BCUT2D eigenvalue weighted by Crippen LogP contribution is 2.34. The number of ether oxygens (including phenoxy) is 1. The number of rotatable bonds is 5. The van der Waals surface area contributed by atoms with Crippen LogP contribution in [-0.2, 0) is 6.18 Å². The van der Waals surface area contributed by atoms with Gasteiger partial charge in [0.2, 0.25) is 0 Å². The summed E-state index contributed by atoms with van der Waals surface area (Å²) in [5.41, 5.74) is 0.321. The smallest absolute Gasteiger partial charge is 0.433 e. The standard InChI is InChI=1S/C24H24F3N3O2/c1-32-21-9-5-3-7-18(21)23(31)29-16-12-10-15(11-13-16)28-20-14-22(24(25,26)27)30-19-8-4-2-6-17(19)20/h2-9,14-16H,10-13H2,1H3,(H,28,30)(H,29,31). The molecule has 1 fully saturated rings. The third-order valence-electron chi connectivity index (χ3n) is 5.78. The van der Waals surface area contributed by atoms with Crippen LogP contribution in [0, 0.1) is 0 Å². The topological polar surface area (TPSA) is 63.2 Å². The summed E-state index contributed by atoms with van der Waals surface area (Å²) >= 11 is 0. The van der Waals surface area contributed by atoms with Gasteiger partial charge in [-0.2, -0.15) is 13.2 Å². The molecule has 2 N–H and O–H groups in total. The van der Waals surface area contributed by atoms with Gasteiger partial charge in [0, 0.05) is 23.2 Å². The first-order valence-corrected chi connectivity index (χ1v) is 10.5. The highest BCUT2D eigenvalue weighted by Gasteiger charge is 2.34. The molecule has 2 aromatic carbocycles. The van der Waals surface area contributed by atoms with E-state index in [1.807, 2.05) is 0 Å². The number of alkyl halides is 3. The number of nitrogens with zero attached hydrogens (tertiary/aromatic N) is 1. The summed E-state index contributed by atoms with van der Waals surface area (Å²) in [6.07, 6.45) is -1.59. The summed E-state index contributed by atoms with van der Waals surface area (Å²) in [6.45, 7) is 0. The van der Waals surface area contributed by atoms with E-state index in [0.717, 1.165) is 31.7 Å². The molecule has 0 saturated heterocycles. The Bertz CT molecular complexity index is 1110. The number of aromatic nitrogens is 1. The number of hydrogen-bond donors (Lipinski definition) is 2. The van der Waals surface area contributed by atoms with Gasteiger partial charge in [-0.05, 0) is 49.9 Å². The van der Waals surface area contributed by atoms with E-state index in [1.165, 1.54) is 7.11 Å². The molecule has 0 unspecified atom stereocenters. The van der Waals surface area contributed by atoms with Crippen molar-refractivity contribution in [2.45, 2.75) is 43.9 Å². The van der Waals surface area contributed by atoms with E-state index < -0.39 is 11.9 Å². The minimum Gasteiger partial charge on any atom is -0.496 e. The number of methoxy groups -OCH3 is 1. The summed E-state index contributed by atoms with van der Waals surface area (Å²) in [5.74, 6) is 0.333. The molecule has 1 amide bonds. The van der Waals surface area contributed by atoms with Gasteiger partial charge in [0.25, 0.3) is 5.91 Å². The van der Waals surface area contributed by atoms with Crippen molar-refractivity contribution in [1.82, 2.24) is 10.3 Å². The number of nitrogens with one attached hydrogen (secondary N) is 2. The van der Waals surface area contributed by atoms with Crippen LogP contribution < -0.4 is 15.4 Å². The highest BCUT2D eigenvalue weighted by molar-refractivity contribution is 5.97. The first-order chi connectivity index (χ1) is 15.3. The van der Waals surface area contributed by atoms with Gasteiger partial charge in [0.15, 0.2) is 0 Å². The fraction of sp³-hybridized carbons (Fsp3) is 0.333. The Morgan fingerprint density at radius 3 is 2.38 bits per heavy atom. The number of hydrogen-bond acceptors (Lipinski definition) is 4. The molecule has 0 atom stereocenters. The fourth-order valence-corrected chi connectivity index (χ4v) is 4.14. The van der Waals surface area contributed by atoms with Gasteiger partial charge in [0.1, 0.15) is 11.4 Å². The van der Waals surface area contributed by atoms with Crippen LogP contribution in [0.15, 0.2) is 54.6 Å². The average molecular weight is 443 g/mol. The molecule has 3 aromatic rings. The molecular formula is C24H24F3N3O2. The Balaban J connectivity index is 1.42. The van der Waals surface area contributed by atoms with E-state index in [9.17, 15) is 18.0 Å². The number of halogens is 3. The lowest BCUT2D eigenvalue weighted by atomic mass is 9.90. The Kier molecular flexibility index (Phi) is 6.21. The fourth-order valence-electron chi connectivity index (χ4n) is 4.14. The molecule has 168 valence electrons. The molecule has 0 radical (unpaired) electrons. The molecule has 1 aliphatic carbocycles. The molecule has 1 saturated carbocycles. The molecule has 32 heavy (non-hydrogen) atoms. The van der Waals surface area contributed by atoms with Gasteiger partial charge < -0.3 is 15.4 Å². The summed E-state index contributed by atoms with van der Waals surface area (Å²) in [6, 6.07) is 15.0. The molecule has 5 nitrogen and oxygen atoms in total. The number of fused-ring (bicyclic) bond motifs is 1. The normalized spacial score (nSPS) is 18.9. The Labute approximate surface area is 184 Å². The third kappa shape index (κ3) is 4.79. The minimum atomic E-state index is -4.51. The lowest BCUT2D eigenvalue weighted by molar-refractivity contribution is -0.140. The van der Waals surface area contributed by atoms with Crippen molar-refractivity contribution in [3.05, 3.63) is 65.9 Å². The van der Waals surface area contributed by atoms with Crippen molar-refractivity contribution in [3.63, 3.8) is 0 Å². The SMILES string of the molecule is COc1ccccc1C(=O)NC1CCC(Nc2cc(C(F)(F)F)nc3ccccc23)CC1. The van der Waals surface area contributed by atoms with Crippen LogP contribution in [0.25, 0.3) is 10.9 Å². The van der Waals surface area contributed by atoms with Crippen LogP contribution in [0.1, 0.15) is 41.7 Å². The maximum Gasteiger partial charge on any atom is 0.433 e. The highest BCUT2D eigenvalue weighted by atomic mass is 19.4. The first-order valence-electron chi connectivity index (χ1n) is 10.5. The zero-order valence-corrected chi connectivity index (χ0v) is 17.6. The minimum absolute atomic E-state index is 0.00498. The molecule has 1 aliphatic rings. The molecule has 0 aliphatic heterocycles. The number of benzene rings is 2. The van der Waals surface area contributed by atoms with Crippen LogP contribution in [0.3, 0.4) is 0 Å².